The maximum atomic E-state index is 14.1. The summed E-state index contributed by atoms with van der Waals surface area (Å²) in [5, 5.41) is 0. The van der Waals surface area contributed by atoms with Crippen LogP contribution >= 0.6 is 0 Å². The number of alkyl halides is 3. The monoisotopic (exact) mass is 354 g/mol. The van der Waals surface area contributed by atoms with E-state index in [1.165, 1.54) is 13.0 Å². The highest BCUT2D eigenvalue weighted by atomic mass is 19.4. The number of halogens is 7. The Balaban J connectivity index is 2.78. The first kappa shape index (κ1) is 17.9. The lowest BCUT2D eigenvalue weighted by molar-refractivity contribution is -0.274. The van der Waals surface area contributed by atoms with E-state index in [-0.39, 0.29) is 6.61 Å². The quantitative estimate of drug-likeness (QED) is 0.426. The first-order valence-electron chi connectivity index (χ1n) is 6.51. The van der Waals surface area contributed by atoms with Crippen LogP contribution in [0.3, 0.4) is 0 Å². The molecule has 2 rings (SSSR count). The number of para-hydroxylation sites is 1. The Morgan fingerprint density at radius 3 is 2.04 bits per heavy atom. The topological polar surface area (TPSA) is 18.5 Å². The van der Waals surface area contributed by atoms with Gasteiger partial charge >= 0.3 is 6.36 Å². The van der Waals surface area contributed by atoms with Gasteiger partial charge in [0.05, 0.1) is 12.2 Å². The van der Waals surface area contributed by atoms with Crippen molar-refractivity contribution in [3.05, 3.63) is 47.5 Å². The van der Waals surface area contributed by atoms with E-state index in [9.17, 15) is 30.7 Å². The summed E-state index contributed by atoms with van der Waals surface area (Å²) < 4.78 is 101. The number of hydrogen-bond donors (Lipinski definition) is 0. The smallest absolute Gasteiger partial charge is 0.490 e. The van der Waals surface area contributed by atoms with Crippen LogP contribution in [0.15, 0.2) is 24.3 Å². The molecule has 0 aromatic heterocycles. The molecule has 24 heavy (non-hydrogen) atoms. The number of hydrogen-bond acceptors (Lipinski definition) is 2. The van der Waals surface area contributed by atoms with E-state index in [2.05, 4.69) is 4.74 Å². The third-order valence-corrected chi connectivity index (χ3v) is 2.89. The zero-order valence-corrected chi connectivity index (χ0v) is 12.0. The Morgan fingerprint density at radius 1 is 0.875 bits per heavy atom. The summed E-state index contributed by atoms with van der Waals surface area (Å²) in [7, 11) is 0. The normalized spacial score (nSPS) is 11.5. The molecule has 0 N–H and O–H groups in total. The molecule has 0 saturated heterocycles. The molecular formula is C15H9F7O2. The van der Waals surface area contributed by atoms with Gasteiger partial charge in [-0.2, -0.15) is 4.39 Å². The van der Waals surface area contributed by atoms with E-state index < -0.39 is 52.3 Å². The highest BCUT2D eigenvalue weighted by Crippen LogP contribution is 2.43. The Hall–Kier alpha value is -2.45. The molecule has 2 aromatic carbocycles. The van der Waals surface area contributed by atoms with Gasteiger partial charge in [-0.15, -0.1) is 13.2 Å². The van der Waals surface area contributed by atoms with Crippen molar-refractivity contribution >= 4 is 0 Å². The van der Waals surface area contributed by atoms with E-state index in [0.717, 1.165) is 18.2 Å². The average molecular weight is 354 g/mol. The lowest BCUT2D eigenvalue weighted by atomic mass is 10.0. The van der Waals surface area contributed by atoms with Crippen molar-refractivity contribution in [2.45, 2.75) is 13.3 Å². The van der Waals surface area contributed by atoms with Crippen LogP contribution < -0.4 is 9.47 Å². The Labute approximate surface area is 131 Å². The predicted molar refractivity (Wildman–Crippen MR) is 69.6 cm³/mol. The molecule has 0 heterocycles. The molecule has 0 atom stereocenters. The molecule has 130 valence electrons. The van der Waals surface area contributed by atoms with Crippen LogP contribution in [0.25, 0.3) is 11.1 Å². The van der Waals surface area contributed by atoms with E-state index in [4.69, 9.17) is 4.74 Å². The number of ether oxygens (including phenoxy) is 2. The standard InChI is InChI=1S/C15H9F7O2/c1-2-23-14-9(10(16)11(17)12(18)13(14)19)7-5-3-4-6-8(7)24-15(20,21)22/h3-6H,2H2,1H3. The van der Waals surface area contributed by atoms with Crippen molar-refractivity contribution in [3.63, 3.8) is 0 Å². The molecule has 0 aliphatic carbocycles. The Morgan fingerprint density at radius 2 is 1.46 bits per heavy atom. The van der Waals surface area contributed by atoms with Gasteiger partial charge in [0.25, 0.3) is 0 Å². The molecule has 9 heteroatoms. The maximum Gasteiger partial charge on any atom is 0.573 e. The first-order valence-corrected chi connectivity index (χ1v) is 6.51. The van der Waals surface area contributed by atoms with Gasteiger partial charge in [-0.05, 0) is 13.0 Å². The van der Waals surface area contributed by atoms with E-state index >= 15 is 0 Å². The highest BCUT2D eigenvalue weighted by molar-refractivity contribution is 5.77. The fraction of sp³-hybridized carbons (Fsp3) is 0.200. The summed E-state index contributed by atoms with van der Waals surface area (Å²) in [5.41, 5.74) is -1.65. The van der Waals surface area contributed by atoms with Gasteiger partial charge in [-0.1, -0.05) is 18.2 Å². The third-order valence-electron chi connectivity index (χ3n) is 2.89. The van der Waals surface area contributed by atoms with Gasteiger partial charge in [-0.3, -0.25) is 0 Å². The minimum Gasteiger partial charge on any atom is -0.490 e. The van der Waals surface area contributed by atoms with Crippen molar-refractivity contribution in [1.82, 2.24) is 0 Å². The second kappa shape index (κ2) is 6.58. The summed E-state index contributed by atoms with van der Waals surface area (Å²) in [6.07, 6.45) is -5.13. The molecule has 0 bridgehead atoms. The van der Waals surface area contributed by atoms with Crippen molar-refractivity contribution in [3.8, 4) is 22.6 Å². The molecule has 0 saturated carbocycles. The molecule has 0 fully saturated rings. The molecule has 0 aliphatic rings. The summed E-state index contributed by atoms with van der Waals surface area (Å²) in [5.74, 6) is -10.0. The largest absolute Gasteiger partial charge is 0.573 e. The van der Waals surface area contributed by atoms with E-state index in [1.54, 1.807) is 0 Å². The van der Waals surface area contributed by atoms with Crippen molar-refractivity contribution in [2.24, 2.45) is 0 Å². The third kappa shape index (κ3) is 3.39. The summed E-state index contributed by atoms with van der Waals surface area (Å²) in [6, 6.07) is 4.07. The van der Waals surface area contributed by atoms with Crippen molar-refractivity contribution in [1.29, 1.82) is 0 Å². The fourth-order valence-electron chi connectivity index (χ4n) is 2.02. The summed E-state index contributed by atoms with van der Waals surface area (Å²) >= 11 is 0. The van der Waals surface area contributed by atoms with E-state index in [1.807, 2.05) is 0 Å². The number of rotatable bonds is 4. The second-order valence-electron chi connectivity index (χ2n) is 4.44. The minimum absolute atomic E-state index is 0.267. The molecule has 0 aliphatic heterocycles. The average Bonchev–Trinajstić information content (AvgIpc) is 2.51. The fourth-order valence-corrected chi connectivity index (χ4v) is 2.02. The Kier molecular flexibility index (Phi) is 4.91. The van der Waals surface area contributed by atoms with Gasteiger partial charge in [0.1, 0.15) is 5.75 Å². The number of benzene rings is 2. The summed E-state index contributed by atoms with van der Waals surface area (Å²) in [4.78, 5) is 0. The molecule has 0 radical (unpaired) electrons. The van der Waals surface area contributed by atoms with Gasteiger partial charge in [0, 0.05) is 5.56 Å². The van der Waals surface area contributed by atoms with Crippen LogP contribution in [0.5, 0.6) is 11.5 Å². The molecule has 2 aromatic rings. The SMILES string of the molecule is CCOc1c(F)c(F)c(F)c(F)c1-c1ccccc1OC(F)(F)F. The zero-order valence-electron chi connectivity index (χ0n) is 12.0. The van der Waals surface area contributed by atoms with Crippen LogP contribution in [0.1, 0.15) is 6.92 Å². The molecule has 0 amide bonds. The lowest BCUT2D eigenvalue weighted by Gasteiger charge is -2.17. The van der Waals surface area contributed by atoms with Crippen LogP contribution in [0.2, 0.25) is 0 Å². The Bertz CT molecular complexity index is 756. The van der Waals surface area contributed by atoms with Crippen molar-refractivity contribution < 1.29 is 40.2 Å². The van der Waals surface area contributed by atoms with Crippen LogP contribution in [-0.4, -0.2) is 13.0 Å². The molecular weight excluding hydrogens is 345 g/mol. The van der Waals surface area contributed by atoms with Gasteiger partial charge in [0.15, 0.2) is 17.4 Å². The van der Waals surface area contributed by atoms with Gasteiger partial charge in [0.2, 0.25) is 11.6 Å². The molecule has 0 unspecified atom stereocenters. The second-order valence-corrected chi connectivity index (χ2v) is 4.44. The lowest BCUT2D eigenvalue weighted by Crippen LogP contribution is -2.18. The first-order chi connectivity index (χ1) is 11.2. The van der Waals surface area contributed by atoms with Crippen LogP contribution in [-0.2, 0) is 0 Å². The highest BCUT2D eigenvalue weighted by Gasteiger charge is 2.34. The molecule has 0 spiro atoms. The predicted octanol–water partition coefficient (Wildman–Crippen LogP) is 5.21. The van der Waals surface area contributed by atoms with Gasteiger partial charge < -0.3 is 9.47 Å². The zero-order chi connectivity index (χ0) is 18.1. The maximum absolute atomic E-state index is 14.1. The van der Waals surface area contributed by atoms with Crippen LogP contribution in [0.4, 0.5) is 30.7 Å². The van der Waals surface area contributed by atoms with Crippen LogP contribution in [0, 0.1) is 23.3 Å². The van der Waals surface area contributed by atoms with E-state index in [0.29, 0.717) is 0 Å². The minimum atomic E-state index is -5.13. The molecule has 2 nitrogen and oxygen atoms in total. The van der Waals surface area contributed by atoms with Crippen molar-refractivity contribution in [2.75, 3.05) is 6.61 Å². The summed E-state index contributed by atoms with van der Waals surface area (Å²) in [6.45, 7) is 1.08. The van der Waals surface area contributed by atoms with Gasteiger partial charge in [-0.25, -0.2) is 13.2 Å².